The molecule has 5 heteroatoms. The molecular formula is C12H16BrClN2O. The molecule has 0 radical (unpaired) electrons. The maximum Gasteiger partial charge on any atom is 0.147 e. The highest BCUT2D eigenvalue weighted by atomic mass is 79.9. The number of rotatable bonds is 3. The molecule has 0 aromatic carbocycles. The molecule has 3 nitrogen and oxygen atoms in total. The average molecular weight is 320 g/mol. The van der Waals surface area contributed by atoms with Gasteiger partial charge < -0.3 is 9.64 Å². The highest BCUT2D eigenvalue weighted by molar-refractivity contribution is 9.10. The van der Waals surface area contributed by atoms with Crippen LogP contribution in [0.25, 0.3) is 0 Å². The van der Waals surface area contributed by atoms with Crippen LogP contribution in [0.3, 0.4) is 0 Å². The molecule has 1 aliphatic rings. The van der Waals surface area contributed by atoms with Crippen LogP contribution < -0.4 is 4.90 Å². The van der Waals surface area contributed by atoms with Crippen molar-refractivity contribution in [1.82, 2.24) is 4.98 Å². The smallest absolute Gasteiger partial charge is 0.147 e. The summed E-state index contributed by atoms with van der Waals surface area (Å²) in [6.45, 7) is 2.86. The normalized spacial score (nSPS) is 17.5. The zero-order valence-electron chi connectivity index (χ0n) is 9.83. The molecule has 0 atom stereocenters. The SMILES string of the molecule is COCC1CCN(c2ncc(Br)cc2Cl)CC1. The second-order valence-corrected chi connectivity index (χ2v) is 5.67. The lowest BCUT2D eigenvalue weighted by Crippen LogP contribution is -2.35. The first kappa shape index (κ1) is 13.1. The largest absolute Gasteiger partial charge is 0.384 e. The van der Waals surface area contributed by atoms with Gasteiger partial charge >= 0.3 is 0 Å². The molecule has 1 aromatic heterocycles. The van der Waals surface area contributed by atoms with Crippen LogP contribution in [0.4, 0.5) is 5.82 Å². The maximum atomic E-state index is 6.20. The Morgan fingerprint density at radius 3 is 2.82 bits per heavy atom. The fraction of sp³-hybridized carbons (Fsp3) is 0.583. The summed E-state index contributed by atoms with van der Waals surface area (Å²) in [5.74, 6) is 1.57. The summed E-state index contributed by atoms with van der Waals surface area (Å²) in [6.07, 6.45) is 4.08. The van der Waals surface area contributed by atoms with E-state index in [4.69, 9.17) is 16.3 Å². The van der Waals surface area contributed by atoms with Gasteiger partial charge in [0.05, 0.1) is 5.02 Å². The molecule has 94 valence electrons. The van der Waals surface area contributed by atoms with Gasteiger partial charge in [-0.2, -0.15) is 0 Å². The topological polar surface area (TPSA) is 25.4 Å². The molecule has 0 spiro atoms. The first-order chi connectivity index (χ1) is 8.20. The van der Waals surface area contributed by atoms with E-state index < -0.39 is 0 Å². The second kappa shape index (κ2) is 6.03. The van der Waals surface area contributed by atoms with Gasteiger partial charge in [-0.3, -0.25) is 0 Å². The van der Waals surface area contributed by atoms with Crippen LogP contribution in [0, 0.1) is 5.92 Å². The highest BCUT2D eigenvalue weighted by Gasteiger charge is 2.21. The lowest BCUT2D eigenvalue weighted by Gasteiger charge is -2.32. The van der Waals surface area contributed by atoms with Crippen molar-refractivity contribution in [2.45, 2.75) is 12.8 Å². The number of aromatic nitrogens is 1. The Morgan fingerprint density at radius 2 is 2.24 bits per heavy atom. The number of ether oxygens (including phenoxy) is 1. The quantitative estimate of drug-likeness (QED) is 0.854. The predicted octanol–water partition coefficient (Wildman–Crippen LogP) is 3.36. The highest BCUT2D eigenvalue weighted by Crippen LogP contribution is 2.29. The molecule has 0 N–H and O–H groups in total. The average Bonchev–Trinajstić information content (AvgIpc) is 2.31. The minimum Gasteiger partial charge on any atom is -0.384 e. The Hall–Kier alpha value is -0.320. The summed E-state index contributed by atoms with van der Waals surface area (Å²) >= 11 is 9.57. The molecule has 0 unspecified atom stereocenters. The molecule has 2 heterocycles. The molecule has 0 aliphatic carbocycles. The lowest BCUT2D eigenvalue weighted by molar-refractivity contribution is 0.139. The van der Waals surface area contributed by atoms with Crippen molar-refractivity contribution < 1.29 is 4.74 Å². The molecule has 2 rings (SSSR count). The van der Waals surface area contributed by atoms with Crippen molar-refractivity contribution in [3.8, 4) is 0 Å². The molecular weight excluding hydrogens is 304 g/mol. The molecule has 1 aliphatic heterocycles. The van der Waals surface area contributed by atoms with Crippen molar-refractivity contribution in [2.24, 2.45) is 5.92 Å². The Labute approximate surface area is 115 Å². The van der Waals surface area contributed by atoms with Gasteiger partial charge in [0.15, 0.2) is 0 Å². The van der Waals surface area contributed by atoms with Gasteiger partial charge in [0.1, 0.15) is 5.82 Å². The number of hydrogen-bond acceptors (Lipinski definition) is 3. The van der Waals surface area contributed by atoms with E-state index in [9.17, 15) is 0 Å². The summed E-state index contributed by atoms with van der Waals surface area (Å²) in [4.78, 5) is 6.64. The molecule has 0 saturated carbocycles. The number of pyridine rings is 1. The Kier molecular flexibility index (Phi) is 4.65. The zero-order chi connectivity index (χ0) is 12.3. The second-order valence-electron chi connectivity index (χ2n) is 4.34. The first-order valence-corrected chi connectivity index (χ1v) is 6.92. The summed E-state index contributed by atoms with van der Waals surface area (Å²) in [5.41, 5.74) is 0. The van der Waals surface area contributed by atoms with Crippen LogP contribution in [0.1, 0.15) is 12.8 Å². The maximum absolute atomic E-state index is 6.20. The van der Waals surface area contributed by atoms with Gasteiger partial charge in [0.25, 0.3) is 0 Å². The van der Waals surface area contributed by atoms with E-state index in [1.54, 1.807) is 13.3 Å². The molecule has 0 bridgehead atoms. The van der Waals surface area contributed by atoms with Crippen LogP contribution >= 0.6 is 27.5 Å². The molecule has 1 fully saturated rings. The van der Waals surface area contributed by atoms with Crippen LogP contribution in [0.15, 0.2) is 16.7 Å². The van der Waals surface area contributed by atoms with Crippen molar-refractivity contribution >= 4 is 33.3 Å². The minimum absolute atomic E-state index is 0.672. The van der Waals surface area contributed by atoms with Gasteiger partial charge in [0.2, 0.25) is 0 Å². The molecule has 0 amide bonds. The van der Waals surface area contributed by atoms with Crippen LogP contribution in [0.5, 0.6) is 0 Å². The Bertz CT molecular complexity index is 381. The van der Waals surface area contributed by atoms with Gasteiger partial charge in [-0.25, -0.2) is 4.98 Å². The van der Waals surface area contributed by atoms with E-state index in [0.717, 1.165) is 42.8 Å². The van der Waals surface area contributed by atoms with Gasteiger partial charge in [0, 0.05) is 37.5 Å². The van der Waals surface area contributed by atoms with E-state index in [-0.39, 0.29) is 0 Å². The number of halogens is 2. The van der Waals surface area contributed by atoms with Crippen molar-refractivity contribution in [2.75, 3.05) is 31.7 Å². The lowest BCUT2D eigenvalue weighted by atomic mass is 9.98. The third kappa shape index (κ3) is 3.33. The summed E-state index contributed by atoms with van der Waals surface area (Å²) in [5, 5.41) is 0.713. The minimum atomic E-state index is 0.672. The number of anilines is 1. The van der Waals surface area contributed by atoms with Gasteiger partial charge in [-0.1, -0.05) is 11.6 Å². The van der Waals surface area contributed by atoms with Crippen LogP contribution in [-0.4, -0.2) is 31.8 Å². The third-order valence-corrected chi connectivity index (χ3v) is 3.82. The summed E-state index contributed by atoms with van der Waals surface area (Å²) in [6, 6.07) is 1.89. The standard InChI is InChI=1S/C12H16BrClN2O/c1-17-8-9-2-4-16(5-3-9)12-11(14)6-10(13)7-15-12/h6-7,9H,2-5,8H2,1H3. The van der Waals surface area contributed by atoms with Gasteiger partial charge in [-0.05, 0) is 40.8 Å². The van der Waals surface area contributed by atoms with Crippen LogP contribution in [0.2, 0.25) is 5.02 Å². The monoisotopic (exact) mass is 318 g/mol. The van der Waals surface area contributed by atoms with Crippen molar-refractivity contribution in [1.29, 1.82) is 0 Å². The molecule has 1 aromatic rings. The van der Waals surface area contributed by atoms with E-state index in [1.807, 2.05) is 6.07 Å². The van der Waals surface area contributed by atoms with Crippen LogP contribution in [-0.2, 0) is 4.74 Å². The first-order valence-electron chi connectivity index (χ1n) is 5.75. The molecule has 17 heavy (non-hydrogen) atoms. The van der Waals surface area contributed by atoms with Crippen molar-refractivity contribution in [3.05, 3.63) is 21.8 Å². The van der Waals surface area contributed by atoms with Crippen molar-refractivity contribution in [3.63, 3.8) is 0 Å². The zero-order valence-corrected chi connectivity index (χ0v) is 12.2. The van der Waals surface area contributed by atoms with E-state index in [0.29, 0.717) is 10.9 Å². The summed E-state index contributed by atoms with van der Waals surface area (Å²) in [7, 11) is 1.76. The third-order valence-electron chi connectivity index (χ3n) is 3.10. The fourth-order valence-corrected chi connectivity index (χ4v) is 2.94. The van der Waals surface area contributed by atoms with E-state index in [2.05, 4.69) is 25.8 Å². The fourth-order valence-electron chi connectivity index (χ4n) is 2.19. The van der Waals surface area contributed by atoms with E-state index in [1.165, 1.54) is 0 Å². The predicted molar refractivity (Wildman–Crippen MR) is 73.8 cm³/mol. The molecule has 1 saturated heterocycles. The number of methoxy groups -OCH3 is 1. The number of nitrogens with zero attached hydrogens (tertiary/aromatic N) is 2. The van der Waals surface area contributed by atoms with E-state index >= 15 is 0 Å². The summed E-state index contributed by atoms with van der Waals surface area (Å²) < 4.78 is 6.11. The number of hydrogen-bond donors (Lipinski definition) is 0. The Balaban J connectivity index is 2.00. The Morgan fingerprint density at radius 1 is 1.53 bits per heavy atom. The van der Waals surface area contributed by atoms with Gasteiger partial charge in [-0.15, -0.1) is 0 Å². The number of piperidine rings is 1.